The van der Waals surface area contributed by atoms with E-state index < -0.39 is 18.4 Å². The Morgan fingerprint density at radius 3 is 2.76 bits per heavy atom. The Labute approximate surface area is 158 Å². The Kier molecular flexibility index (Phi) is 4.81. The number of benzene rings is 1. The quantitative estimate of drug-likeness (QED) is 0.487. The number of carbonyl (C=O) groups excluding carboxylic acids is 1. The van der Waals surface area contributed by atoms with E-state index in [0.717, 1.165) is 38.7 Å². The van der Waals surface area contributed by atoms with Crippen molar-refractivity contribution in [3.63, 3.8) is 0 Å². The van der Waals surface area contributed by atoms with Crippen molar-refractivity contribution in [2.45, 2.75) is 13.8 Å². The highest BCUT2D eigenvalue weighted by atomic mass is 35.5. The van der Waals surface area contributed by atoms with Crippen molar-refractivity contribution >= 4 is 68.8 Å². The van der Waals surface area contributed by atoms with Gasteiger partial charge in [-0.05, 0) is 37.1 Å². The lowest BCUT2D eigenvalue weighted by molar-refractivity contribution is -0.140. The van der Waals surface area contributed by atoms with Crippen LogP contribution in [0.1, 0.15) is 16.7 Å². The van der Waals surface area contributed by atoms with Gasteiger partial charge in [-0.2, -0.15) is 0 Å². The summed E-state index contributed by atoms with van der Waals surface area (Å²) >= 11 is 12.4. The molecule has 0 atom stereocenters. The Hall–Kier alpha value is -1.96. The molecule has 8 heteroatoms. The standard InChI is InChI=1S/C17H13ClN2O3S2/c1-8-3-4-9(2)14-11(8)5-10(15(18)19-14)6-12-16(23)20(7-13(21)22)17(24)25-12/h3-6H,7H2,1-2H3,(H,21,22)/b12-6-. The SMILES string of the molecule is Cc1ccc(C)c2nc(Cl)c(/C=C3\SC(=S)N(CC(=O)O)C3=O)cc12. The van der Waals surface area contributed by atoms with E-state index in [-0.39, 0.29) is 9.47 Å². The Morgan fingerprint density at radius 1 is 1.40 bits per heavy atom. The number of rotatable bonds is 3. The largest absolute Gasteiger partial charge is 0.480 e. The number of hydrogen-bond donors (Lipinski definition) is 1. The number of carboxylic acids is 1. The topological polar surface area (TPSA) is 70.5 Å². The van der Waals surface area contributed by atoms with Crippen molar-refractivity contribution < 1.29 is 14.7 Å². The number of carboxylic acid groups (broad SMARTS) is 1. The van der Waals surface area contributed by atoms with Crippen LogP contribution < -0.4 is 0 Å². The molecule has 128 valence electrons. The summed E-state index contributed by atoms with van der Waals surface area (Å²) in [6.07, 6.45) is 1.61. The third-order valence-electron chi connectivity index (χ3n) is 3.84. The fourth-order valence-corrected chi connectivity index (χ4v) is 3.98. The number of aryl methyl sites for hydroxylation is 2. The number of thiocarbonyl (C=S) groups is 1. The number of thioether (sulfide) groups is 1. The fraction of sp³-hybridized carbons (Fsp3) is 0.176. The second-order valence-corrected chi connectivity index (χ2v) is 7.66. The lowest BCUT2D eigenvalue weighted by Gasteiger charge is -2.10. The van der Waals surface area contributed by atoms with Crippen LogP contribution in [0.2, 0.25) is 5.15 Å². The Morgan fingerprint density at radius 2 is 2.08 bits per heavy atom. The molecule has 2 aromatic rings. The number of aromatic nitrogens is 1. The molecular weight excluding hydrogens is 380 g/mol. The Bertz CT molecular complexity index is 972. The molecule has 1 aromatic heterocycles. The number of amides is 1. The molecule has 1 aromatic carbocycles. The van der Waals surface area contributed by atoms with E-state index in [2.05, 4.69) is 4.98 Å². The lowest BCUT2D eigenvalue weighted by atomic mass is 10.0. The van der Waals surface area contributed by atoms with Gasteiger partial charge in [0.25, 0.3) is 5.91 Å². The molecule has 0 unspecified atom stereocenters. The monoisotopic (exact) mass is 392 g/mol. The predicted molar refractivity (Wildman–Crippen MR) is 104 cm³/mol. The molecule has 0 aliphatic carbocycles. The third-order valence-corrected chi connectivity index (χ3v) is 5.52. The summed E-state index contributed by atoms with van der Waals surface area (Å²) in [5.41, 5.74) is 3.49. The molecule has 3 rings (SSSR count). The Balaban J connectivity index is 2.06. The van der Waals surface area contributed by atoms with E-state index in [1.165, 1.54) is 0 Å². The van der Waals surface area contributed by atoms with E-state index in [1.54, 1.807) is 6.08 Å². The van der Waals surface area contributed by atoms with Gasteiger partial charge in [0.15, 0.2) is 0 Å². The maximum absolute atomic E-state index is 12.4. The third kappa shape index (κ3) is 3.40. The average molecular weight is 393 g/mol. The normalized spacial score (nSPS) is 16.3. The lowest BCUT2D eigenvalue weighted by Crippen LogP contribution is -2.33. The second kappa shape index (κ2) is 6.74. The van der Waals surface area contributed by atoms with Crippen molar-refractivity contribution in [2.75, 3.05) is 6.54 Å². The highest BCUT2D eigenvalue weighted by molar-refractivity contribution is 8.26. The van der Waals surface area contributed by atoms with Gasteiger partial charge < -0.3 is 5.11 Å². The van der Waals surface area contributed by atoms with Crippen LogP contribution in [0.4, 0.5) is 0 Å². The number of carbonyl (C=O) groups is 2. The molecule has 0 saturated carbocycles. The van der Waals surface area contributed by atoms with Gasteiger partial charge in [-0.25, -0.2) is 4.98 Å². The maximum atomic E-state index is 12.4. The van der Waals surface area contributed by atoms with Crippen molar-refractivity contribution in [3.8, 4) is 0 Å². The highest BCUT2D eigenvalue weighted by Gasteiger charge is 2.33. The number of aliphatic carboxylic acids is 1. The summed E-state index contributed by atoms with van der Waals surface area (Å²) in [6, 6.07) is 5.87. The molecule has 1 aliphatic rings. The van der Waals surface area contributed by atoms with Gasteiger partial charge in [-0.3, -0.25) is 14.5 Å². The molecule has 1 fully saturated rings. The van der Waals surface area contributed by atoms with Gasteiger partial charge in [0.1, 0.15) is 16.0 Å². The van der Waals surface area contributed by atoms with Crippen molar-refractivity contribution in [3.05, 3.63) is 44.9 Å². The first-order valence-corrected chi connectivity index (χ1v) is 8.92. The average Bonchev–Trinajstić information content (AvgIpc) is 2.79. The molecule has 0 radical (unpaired) electrons. The number of pyridine rings is 1. The van der Waals surface area contributed by atoms with Crippen molar-refractivity contribution in [1.82, 2.24) is 9.88 Å². The number of fused-ring (bicyclic) bond motifs is 1. The van der Waals surface area contributed by atoms with Gasteiger partial charge in [0.05, 0.1) is 10.4 Å². The minimum Gasteiger partial charge on any atom is -0.480 e. The van der Waals surface area contributed by atoms with Gasteiger partial charge >= 0.3 is 5.97 Å². The van der Waals surface area contributed by atoms with Crippen LogP contribution in [-0.4, -0.2) is 37.7 Å². The van der Waals surface area contributed by atoms with E-state index in [9.17, 15) is 9.59 Å². The molecule has 1 saturated heterocycles. The number of halogens is 1. The maximum Gasteiger partial charge on any atom is 0.323 e. The zero-order chi connectivity index (χ0) is 18.3. The molecule has 2 heterocycles. The van der Waals surface area contributed by atoms with Crippen LogP contribution in [0.5, 0.6) is 0 Å². The molecule has 0 spiro atoms. The minimum atomic E-state index is -1.12. The first kappa shape index (κ1) is 17.8. The first-order valence-electron chi connectivity index (χ1n) is 7.31. The van der Waals surface area contributed by atoms with Crippen LogP contribution in [-0.2, 0) is 9.59 Å². The van der Waals surface area contributed by atoms with Gasteiger partial charge in [-0.1, -0.05) is 47.7 Å². The summed E-state index contributed by atoms with van der Waals surface area (Å²) in [5.74, 6) is -1.55. The van der Waals surface area contributed by atoms with Crippen LogP contribution in [0, 0.1) is 13.8 Å². The molecule has 1 N–H and O–H groups in total. The van der Waals surface area contributed by atoms with E-state index in [0.29, 0.717) is 10.5 Å². The molecular formula is C17H13ClN2O3S2. The molecule has 1 aliphatic heterocycles. The summed E-state index contributed by atoms with van der Waals surface area (Å²) < 4.78 is 0.218. The van der Waals surface area contributed by atoms with Crippen molar-refractivity contribution in [1.29, 1.82) is 0 Å². The summed E-state index contributed by atoms with van der Waals surface area (Å²) in [4.78, 5) is 29.1. The smallest absolute Gasteiger partial charge is 0.323 e. The molecule has 1 amide bonds. The van der Waals surface area contributed by atoms with Crippen LogP contribution in [0.15, 0.2) is 23.1 Å². The van der Waals surface area contributed by atoms with Crippen LogP contribution >= 0.6 is 35.6 Å². The zero-order valence-corrected chi connectivity index (χ0v) is 15.8. The predicted octanol–water partition coefficient (Wildman–Crippen LogP) is 3.79. The fourth-order valence-electron chi connectivity index (χ4n) is 2.54. The van der Waals surface area contributed by atoms with Gasteiger partial charge in [-0.15, -0.1) is 0 Å². The zero-order valence-electron chi connectivity index (χ0n) is 13.4. The van der Waals surface area contributed by atoms with Gasteiger partial charge in [0, 0.05) is 10.9 Å². The molecule has 25 heavy (non-hydrogen) atoms. The summed E-state index contributed by atoms with van der Waals surface area (Å²) in [6.45, 7) is 3.49. The summed E-state index contributed by atoms with van der Waals surface area (Å²) in [7, 11) is 0. The van der Waals surface area contributed by atoms with Crippen molar-refractivity contribution in [2.24, 2.45) is 0 Å². The number of hydrogen-bond acceptors (Lipinski definition) is 5. The van der Waals surface area contributed by atoms with E-state index in [1.807, 2.05) is 32.0 Å². The van der Waals surface area contributed by atoms with Gasteiger partial charge in [0.2, 0.25) is 0 Å². The molecule has 5 nitrogen and oxygen atoms in total. The van der Waals surface area contributed by atoms with E-state index >= 15 is 0 Å². The molecule has 0 bridgehead atoms. The van der Waals surface area contributed by atoms with Crippen LogP contribution in [0.25, 0.3) is 17.0 Å². The summed E-state index contributed by atoms with van der Waals surface area (Å²) in [5, 5.41) is 10.1. The highest BCUT2D eigenvalue weighted by Crippen LogP contribution is 2.34. The number of nitrogens with zero attached hydrogens (tertiary/aromatic N) is 2. The first-order chi connectivity index (χ1) is 11.8. The minimum absolute atomic E-state index is 0.218. The van der Waals surface area contributed by atoms with Crippen LogP contribution in [0.3, 0.4) is 0 Å². The second-order valence-electron chi connectivity index (χ2n) is 5.63. The van der Waals surface area contributed by atoms with E-state index in [4.69, 9.17) is 28.9 Å².